The van der Waals surface area contributed by atoms with Crippen LogP contribution in [0.2, 0.25) is 5.02 Å². The summed E-state index contributed by atoms with van der Waals surface area (Å²) in [6, 6.07) is 26.4. The normalized spacial score (nSPS) is 10.8. The lowest BCUT2D eigenvalue weighted by atomic mass is 10.0. The summed E-state index contributed by atoms with van der Waals surface area (Å²) in [6.45, 7) is 2.40. The van der Waals surface area contributed by atoms with Crippen LogP contribution < -0.4 is 5.32 Å². The topological polar surface area (TPSA) is 70.7 Å². The van der Waals surface area contributed by atoms with E-state index in [1.165, 1.54) is 0 Å². The fourth-order valence-corrected chi connectivity index (χ4v) is 3.50. The highest BCUT2D eigenvalue weighted by Crippen LogP contribution is 2.26. The fraction of sp³-hybridized carbons (Fsp3) is 0.0741. The molecule has 0 bridgehead atoms. The summed E-state index contributed by atoms with van der Waals surface area (Å²) < 4.78 is 1.58. The minimum atomic E-state index is -0.304. The van der Waals surface area contributed by atoms with Crippen molar-refractivity contribution in [1.82, 2.24) is 9.78 Å². The molecule has 0 aliphatic carbocycles. The molecule has 0 aliphatic heterocycles. The number of nitriles is 1. The van der Waals surface area contributed by atoms with Gasteiger partial charge in [0, 0.05) is 17.1 Å². The van der Waals surface area contributed by atoms with E-state index < -0.39 is 0 Å². The monoisotopic (exact) mass is 452 g/mol. The van der Waals surface area contributed by atoms with Gasteiger partial charge in [0.1, 0.15) is 17.5 Å². The van der Waals surface area contributed by atoms with Gasteiger partial charge >= 0.3 is 0 Å². The lowest BCUT2D eigenvalue weighted by Gasteiger charge is -2.09. The van der Waals surface area contributed by atoms with Crippen molar-refractivity contribution in [3.05, 3.63) is 118 Å². The minimum absolute atomic E-state index is 0.103. The first-order valence-corrected chi connectivity index (χ1v) is 10.8. The van der Waals surface area contributed by atoms with Crippen LogP contribution in [0.4, 0.5) is 5.82 Å². The molecule has 33 heavy (non-hydrogen) atoms. The number of benzene rings is 3. The number of nitrogens with zero attached hydrogens (tertiary/aromatic N) is 3. The lowest BCUT2D eigenvalue weighted by Crippen LogP contribution is -2.07. The Hall–Kier alpha value is -4.14. The summed E-state index contributed by atoms with van der Waals surface area (Å²) in [5.74, 6) is 0.148. The standard InChI is InChI=1S/C27H21ClN4O/c1-19-9-11-21(12-10-19)26(33)25-24(18-29)27(30-17-5-8-20-6-3-2-4-7-20)32(31-25)23-15-13-22(28)14-16-23/h2-16,30H,17H2,1H3/b8-5+. The summed E-state index contributed by atoms with van der Waals surface area (Å²) in [6.07, 6.45) is 3.94. The number of aryl methyl sites for hydroxylation is 1. The Morgan fingerprint density at radius 1 is 1.06 bits per heavy atom. The molecule has 6 heteroatoms. The molecule has 4 aromatic rings. The molecule has 4 rings (SSSR count). The molecule has 0 spiro atoms. The number of anilines is 1. The van der Waals surface area contributed by atoms with Crippen LogP contribution in [-0.2, 0) is 0 Å². The number of ketones is 1. The van der Waals surface area contributed by atoms with Crippen LogP contribution >= 0.6 is 11.6 Å². The molecule has 0 saturated carbocycles. The molecule has 1 N–H and O–H groups in total. The Bertz CT molecular complexity index is 1330. The molecule has 3 aromatic carbocycles. The summed E-state index contributed by atoms with van der Waals surface area (Å²) >= 11 is 6.05. The van der Waals surface area contributed by atoms with E-state index in [4.69, 9.17) is 11.6 Å². The predicted octanol–water partition coefficient (Wildman–Crippen LogP) is 6.06. The Kier molecular flexibility index (Phi) is 6.68. The number of hydrogen-bond acceptors (Lipinski definition) is 4. The third-order valence-electron chi connectivity index (χ3n) is 5.09. The second-order valence-corrected chi connectivity index (χ2v) is 7.90. The first-order valence-electron chi connectivity index (χ1n) is 10.4. The van der Waals surface area contributed by atoms with Crippen LogP contribution in [0.25, 0.3) is 11.8 Å². The number of aromatic nitrogens is 2. The molecular formula is C27H21ClN4O. The van der Waals surface area contributed by atoms with Gasteiger partial charge in [-0.15, -0.1) is 0 Å². The number of carbonyl (C=O) groups is 1. The van der Waals surface area contributed by atoms with Crippen molar-refractivity contribution in [3.8, 4) is 11.8 Å². The van der Waals surface area contributed by atoms with Crippen molar-refractivity contribution in [2.24, 2.45) is 0 Å². The van der Waals surface area contributed by atoms with Gasteiger partial charge in [0.15, 0.2) is 5.69 Å². The highest BCUT2D eigenvalue weighted by molar-refractivity contribution is 6.30. The molecule has 0 saturated heterocycles. The van der Waals surface area contributed by atoms with Gasteiger partial charge in [-0.05, 0) is 36.8 Å². The van der Waals surface area contributed by atoms with E-state index in [1.807, 2.05) is 61.5 Å². The van der Waals surface area contributed by atoms with Crippen LogP contribution in [0, 0.1) is 18.3 Å². The zero-order chi connectivity index (χ0) is 23.2. The van der Waals surface area contributed by atoms with E-state index >= 15 is 0 Å². The van der Waals surface area contributed by atoms with Gasteiger partial charge in [-0.3, -0.25) is 4.79 Å². The molecule has 0 atom stereocenters. The lowest BCUT2D eigenvalue weighted by molar-refractivity contribution is 0.103. The van der Waals surface area contributed by atoms with Gasteiger partial charge < -0.3 is 5.32 Å². The maximum atomic E-state index is 13.2. The van der Waals surface area contributed by atoms with Gasteiger partial charge in [-0.1, -0.05) is 83.9 Å². The highest BCUT2D eigenvalue weighted by Gasteiger charge is 2.24. The maximum absolute atomic E-state index is 13.2. The average molecular weight is 453 g/mol. The number of carbonyl (C=O) groups excluding carboxylic acids is 1. The van der Waals surface area contributed by atoms with Crippen molar-refractivity contribution in [1.29, 1.82) is 5.26 Å². The molecule has 0 fully saturated rings. The second-order valence-electron chi connectivity index (χ2n) is 7.46. The van der Waals surface area contributed by atoms with Crippen molar-refractivity contribution in [2.75, 3.05) is 11.9 Å². The Morgan fingerprint density at radius 2 is 1.76 bits per heavy atom. The molecule has 0 aliphatic rings. The number of hydrogen-bond donors (Lipinski definition) is 1. The SMILES string of the molecule is Cc1ccc(C(=O)c2nn(-c3ccc(Cl)cc3)c(NC/C=C/c3ccccc3)c2C#N)cc1. The average Bonchev–Trinajstić information content (AvgIpc) is 3.21. The largest absolute Gasteiger partial charge is 0.365 e. The van der Waals surface area contributed by atoms with Crippen molar-refractivity contribution >= 4 is 29.3 Å². The Morgan fingerprint density at radius 3 is 2.42 bits per heavy atom. The molecule has 0 radical (unpaired) electrons. The van der Waals surface area contributed by atoms with Gasteiger partial charge in [0.2, 0.25) is 5.78 Å². The molecule has 5 nitrogen and oxygen atoms in total. The van der Waals surface area contributed by atoms with E-state index in [2.05, 4.69) is 16.5 Å². The first kappa shape index (κ1) is 22.1. The van der Waals surface area contributed by atoms with Crippen molar-refractivity contribution < 1.29 is 4.79 Å². The molecule has 0 amide bonds. The number of rotatable bonds is 7. The second kappa shape index (κ2) is 9.99. The number of halogens is 1. The zero-order valence-corrected chi connectivity index (χ0v) is 18.8. The van der Waals surface area contributed by atoms with E-state index in [0.717, 1.165) is 11.1 Å². The number of nitrogens with one attached hydrogen (secondary N) is 1. The van der Waals surface area contributed by atoms with E-state index in [9.17, 15) is 10.1 Å². The third-order valence-corrected chi connectivity index (χ3v) is 5.35. The van der Waals surface area contributed by atoms with Crippen LogP contribution in [-0.4, -0.2) is 22.1 Å². The van der Waals surface area contributed by atoms with Crippen LogP contribution in [0.3, 0.4) is 0 Å². The first-order chi connectivity index (χ1) is 16.1. The Labute approximate surface area is 197 Å². The summed E-state index contributed by atoms with van der Waals surface area (Å²) in [5.41, 5.74) is 3.59. The third kappa shape index (κ3) is 5.03. The van der Waals surface area contributed by atoms with E-state index in [1.54, 1.807) is 41.1 Å². The smallest absolute Gasteiger partial charge is 0.214 e. The van der Waals surface area contributed by atoms with Crippen LogP contribution in [0.5, 0.6) is 0 Å². The van der Waals surface area contributed by atoms with Gasteiger partial charge in [0.25, 0.3) is 0 Å². The van der Waals surface area contributed by atoms with Gasteiger partial charge in [-0.2, -0.15) is 10.4 Å². The molecule has 0 unspecified atom stereocenters. The van der Waals surface area contributed by atoms with Crippen molar-refractivity contribution in [2.45, 2.75) is 6.92 Å². The minimum Gasteiger partial charge on any atom is -0.365 e. The Balaban J connectivity index is 1.71. The predicted molar refractivity (Wildman–Crippen MR) is 132 cm³/mol. The zero-order valence-electron chi connectivity index (χ0n) is 18.0. The molecule has 1 aromatic heterocycles. The van der Waals surface area contributed by atoms with E-state index in [0.29, 0.717) is 28.6 Å². The van der Waals surface area contributed by atoms with Gasteiger partial charge in [-0.25, -0.2) is 4.68 Å². The van der Waals surface area contributed by atoms with E-state index in [-0.39, 0.29) is 17.0 Å². The summed E-state index contributed by atoms with van der Waals surface area (Å²) in [4.78, 5) is 13.2. The molecular weight excluding hydrogens is 432 g/mol. The van der Waals surface area contributed by atoms with Gasteiger partial charge in [0.05, 0.1) is 5.69 Å². The highest BCUT2D eigenvalue weighted by atomic mass is 35.5. The summed E-state index contributed by atoms with van der Waals surface area (Å²) in [5, 5.41) is 18.3. The maximum Gasteiger partial charge on any atom is 0.214 e. The van der Waals surface area contributed by atoms with Crippen LogP contribution in [0.15, 0.2) is 84.9 Å². The molecule has 1 heterocycles. The quantitative estimate of drug-likeness (QED) is 0.346. The summed E-state index contributed by atoms with van der Waals surface area (Å²) in [7, 11) is 0. The van der Waals surface area contributed by atoms with Crippen LogP contribution in [0.1, 0.15) is 32.7 Å². The van der Waals surface area contributed by atoms with Crippen molar-refractivity contribution in [3.63, 3.8) is 0 Å². The molecule has 162 valence electrons. The fourth-order valence-electron chi connectivity index (χ4n) is 3.37.